The molecule has 0 spiro atoms. The maximum absolute atomic E-state index is 14.3. The van der Waals surface area contributed by atoms with Crippen LogP contribution in [0, 0.1) is 0 Å². The summed E-state index contributed by atoms with van der Waals surface area (Å²) < 4.78 is 27.4. The van der Waals surface area contributed by atoms with Gasteiger partial charge in [0.2, 0.25) is 10.0 Å². The summed E-state index contributed by atoms with van der Waals surface area (Å²) in [5.41, 5.74) is 3.76. The van der Waals surface area contributed by atoms with Gasteiger partial charge in [-0.15, -0.1) is 0 Å². The summed E-state index contributed by atoms with van der Waals surface area (Å²) in [6.45, 7) is -0.162. The normalized spacial score (nSPS) is 21.7. The van der Waals surface area contributed by atoms with E-state index in [4.69, 9.17) is 28.0 Å². The van der Waals surface area contributed by atoms with Crippen molar-refractivity contribution in [2.75, 3.05) is 6.26 Å². The average molecular weight is 677 g/mol. The van der Waals surface area contributed by atoms with Gasteiger partial charge in [-0.25, -0.2) is 23.4 Å². The molecule has 11 nitrogen and oxygen atoms in total. The number of hydroxylamine groups is 1. The number of carboxylic acid groups (broad SMARTS) is 1. The number of phenolic OH excluding ortho intramolecular Hbond substituents is 1. The monoisotopic (exact) mass is 675 g/mol. The summed E-state index contributed by atoms with van der Waals surface area (Å²) in [5.74, 6) is -3.58. The third-order valence-electron chi connectivity index (χ3n) is 8.05. The molecular formula is C31H31Cl2N3O8S. The molecule has 1 aliphatic carbocycles. The third kappa shape index (κ3) is 7.26. The summed E-state index contributed by atoms with van der Waals surface area (Å²) in [6.07, 6.45) is 3.44. The molecular weight excluding hydrogens is 645 g/mol. The number of phenols is 1. The van der Waals surface area contributed by atoms with Gasteiger partial charge in [-0.2, -0.15) is 0 Å². The summed E-state index contributed by atoms with van der Waals surface area (Å²) in [6, 6.07) is 12.5. The molecule has 4 atom stereocenters. The molecule has 2 amide bonds. The number of fused-ring (bicyclic) bond motifs is 1. The molecule has 0 unspecified atom stereocenters. The highest BCUT2D eigenvalue weighted by Crippen LogP contribution is 2.48. The van der Waals surface area contributed by atoms with Crippen molar-refractivity contribution in [2.45, 2.75) is 56.3 Å². The van der Waals surface area contributed by atoms with Crippen molar-refractivity contribution in [1.82, 2.24) is 15.1 Å². The van der Waals surface area contributed by atoms with E-state index in [9.17, 15) is 33.0 Å². The lowest BCUT2D eigenvalue weighted by molar-refractivity contribution is -0.138. The third-order valence-corrected chi connectivity index (χ3v) is 9.35. The van der Waals surface area contributed by atoms with E-state index in [-0.39, 0.29) is 34.1 Å². The second-order valence-corrected chi connectivity index (χ2v) is 13.8. The topological polar surface area (TPSA) is 162 Å². The van der Waals surface area contributed by atoms with E-state index < -0.39 is 51.9 Å². The predicted molar refractivity (Wildman–Crippen MR) is 167 cm³/mol. The molecule has 0 radical (unpaired) electrons. The molecule has 2 aliphatic rings. The van der Waals surface area contributed by atoms with E-state index >= 15 is 0 Å². The number of sulfonamides is 1. The molecule has 1 aliphatic heterocycles. The Labute approximate surface area is 270 Å². The maximum Gasteiger partial charge on any atom is 0.335 e. The highest BCUT2D eigenvalue weighted by atomic mass is 35.5. The van der Waals surface area contributed by atoms with Gasteiger partial charge in [0.25, 0.3) is 11.8 Å². The molecule has 5 rings (SSSR count). The highest BCUT2D eigenvalue weighted by Gasteiger charge is 2.49. The first-order chi connectivity index (χ1) is 21.3. The van der Waals surface area contributed by atoms with Crippen LogP contribution in [0.1, 0.15) is 75.0 Å². The Morgan fingerprint density at radius 1 is 1.02 bits per heavy atom. The summed E-state index contributed by atoms with van der Waals surface area (Å²) in [5, 5.41) is 20.3. The van der Waals surface area contributed by atoms with Crippen LogP contribution in [0.2, 0.25) is 10.0 Å². The van der Waals surface area contributed by atoms with Gasteiger partial charge >= 0.3 is 5.97 Å². The molecule has 3 aromatic rings. The summed E-state index contributed by atoms with van der Waals surface area (Å²) in [4.78, 5) is 46.9. The second kappa shape index (κ2) is 13.4. The number of carbonyl (C=O) groups is 3. The zero-order valence-electron chi connectivity index (χ0n) is 24.1. The van der Waals surface area contributed by atoms with Crippen LogP contribution >= 0.6 is 23.2 Å². The van der Waals surface area contributed by atoms with Crippen molar-refractivity contribution < 1.29 is 37.9 Å². The van der Waals surface area contributed by atoms with Crippen LogP contribution in [0.3, 0.4) is 0 Å². The largest absolute Gasteiger partial charge is 0.508 e. The lowest BCUT2D eigenvalue weighted by atomic mass is 9.76. The molecule has 0 saturated heterocycles. The van der Waals surface area contributed by atoms with Crippen LogP contribution in [0.4, 0.5) is 0 Å². The highest BCUT2D eigenvalue weighted by molar-refractivity contribution is 7.88. The fourth-order valence-corrected chi connectivity index (χ4v) is 7.56. The van der Waals surface area contributed by atoms with Crippen molar-refractivity contribution in [1.29, 1.82) is 0 Å². The first-order valence-electron chi connectivity index (χ1n) is 14.2. The minimum absolute atomic E-state index is 0.0513. The van der Waals surface area contributed by atoms with Crippen LogP contribution in [0.5, 0.6) is 5.75 Å². The Morgan fingerprint density at radius 2 is 1.78 bits per heavy atom. The maximum atomic E-state index is 14.3. The smallest absolute Gasteiger partial charge is 0.335 e. The Kier molecular flexibility index (Phi) is 9.71. The van der Waals surface area contributed by atoms with Crippen molar-refractivity contribution >= 4 is 51.0 Å². The van der Waals surface area contributed by atoms with E-state index in [1.54, 1.807) is 24.3 Å². The van der Waals surface area contributed by atoms with E-state index in [1.807, 2.05) is 0 Å². The summed E-state index contributed by atoms with van der Waals surface area (Å²) in [7, 11) is -3.65. The molecule has 45 heavy (non-hydrogen) atoms. The van der Waals surface area contributed by atoms with E-state index in [1.165, 1.54) is 41.3 Å². The number of carboxylic acids is 1. The first kappa shape index (κ1) is 32.7. The van der Waals surface area contributed by atoms with Gasteiger partial charge in [0.15, 0.2) is 0 Å². The van der Waals surface area contributed by atoms with E-state index in [0.29, 0.717) is 29.0 Å². The fourth-order valence-electron chi connectivity index (χ4n) is 6.22. The number of hydrogen-bond donors (Lipinski definition) is 4. The van der Waals surface area contributed by atoms with Crippen molar-refractivity contribution in [3.63, 3.8) is 0 Å². The molecule has 238 valence electrons. The molecule has 1 saturated carbocycles. The zero-order chi connectivity index (χ0) is 32.5. The van der Waals surface area contributed by atoms with Crippen LogP contribution in [-0.2, 0) is 26.3 Å². The minimum Gasteiger partial charge on any atom is -0.508 e. The van der Waals surface area contributed by atoms with E-state index in [0.717, 1.165) is 19.1 Å². The number of benzene rings is 3. The SMILES string of the molecule is CS(=O)(=O)N[C@H]1CCCC[C@@H]1N1C(=O)c2ccc(O)cc2[C@@H](C(=O)NOCc2cccc(C(=O)O)c2)[C@@H]1c1ccc(Cl)cc1Cl. The van der Waals surface area contributed by atoms with Gasteiger partial charge in [-0.05, 0) is 72.0 Å². The van der Waals surface area contributed by atoms with Crippen LogP contribution in [0.25, 0.3) is 0 Å². The predicted octanol–water partition coefficient (Wildman–Crippen LogP) is 4.79. The number of carbonyl (C=O) groups excluding carboxylic acids is 2. The Hall–Kier alpha value is -3.68. The Morgan fingerprint density at radius 3 is 2.49 bits per heavy atom. The molecule has 4 N–H and O–H groups in total. The van der Waals surface area contributed by atoms with Crippen molar-refractivity contribution in [3.8, 4) is 5.75 Å². The standard InChI is InChI=1S/C31H31Cl2N3O8S/c1-45(42,43)35-25-7-2-3-8-26(25)36-28(22-11-9-19(32)14-24(22)33)27(23-15-20(37)10-12-21(23)30(36)39)29(38)34-44-16-17-5-4-6-18(13-17)31(40)41/h4-6,9-15,25-28,35,37H,2-3,7-8,16H2,1H3,(H,34,38)(H,40,41)/t25-,26-,27+,28-/m0/s1. The Balaban J connectivity index is 1.59. The number of rotatable bonds is 9. The summed E-state index contributed by atoms with van der Waals surface area (Å²) >= 11 is 12.9. The number of hydrogen-bond acceptors (Lipinski definition) is 7. The number of amides is 2. The van der Waals surface area contributed by atoms with Crippen molar-refractivity contribution in [2.24, 2.45) is 0 Å². The van der Waals surface area contributed by atoms with Gasteiger partial charge in [0, 0.05) is 27.7 Å². The molecule has 1 heterocycles. The first-order valence-corrected chi connectivity index (χ1v) is 16.8. The number of halogens is 2. The zero-order valence-corrected chi connectivity index (χ0v) is 26.4. The van der Waals surface area contributed by atoms with Gasteiger partial charge in [0.1, 0.15) is 5.75 Å². The molecule has 0 aromatic heterocycles. The number of nitrogens with zero attached hydrogens (tertiary/aromatic N) is 1. The van der Waals surface area contributed by atoms with E-state index in [2.05, 4.69) is 10.2 Å². The number of aromatic carboxylic acids is 1. The van der Waals surface area contributed by atoms with Gasteiger partial charge in [-0.3, -0.25) is 14.4 Å². The van der Waals surface area contributed by atoms with Gasteiger partial charge in [0.05, 0.1) is 30.4 Å². The lowest BCUT2D eigenvalue weighted by Gasteiger charge is -2.49. The molecule has 1 fully saturated rings. The van der Waals surface area contributed by atoms with Crippen LogP contribution in [-0.4, -0.2) is 59.7 Å². The van der Waals surface area contributed by atoms with Crippen LogP contribution < -0.4 is 10.2 Å². The Bertz CT molecular complexity index is 1750. The molecule has 3 aromatic carbocycles. The average Bonchev–Trinajstić information content (AvgIpc) is 2.97. The number of nitrogens with one attached hydrogen (secondary N) is 2. The number of aromatic hydroxyl groups is 1. The second-order valence-electron chi connectivity index (χ2n) is 11.2. The van der Waals surface area contributed by atoms with Crippen LogP contribution in [0.15, 0.2) is 60.7 Å². The van der Waals surface area contributed by atoms with Gasteiger partial charge < -0.3 is 15.1 Å². The van der Waals surface area contributed by atoms with Gasteiger partial charge in [-0.1, -0.05) is 54.2 Å². The molecule has 0 bridgehead atoms. The fraction of sp³-hybridized carbons (Fsp3) is 0.323. The van der Waals surface area contributed by atoms with Crippen molar-refractivity contribution in [3.05, 3.63) is 98.5 Å². The quantitative estimate of drug-likeness (QED) is 0.235. The molecule has 14 heteroatoms. The minimum atomic E-state index is -3.65. The lowest BCUT2D eigenvalue weighted by Crippen LogP contribution is -2.59.